The predicted octanol–water partition coefficient (Wildman–Crippen LogP) is 1.08. The van der Waals surface area contributed by atoms with Crippen molar-refractivity contribution >= 4 is 0 Å². The maximum Gasteiger partial charge on any atom is 0.111 e. The highest BCUT2D eigenvalue weighted by molar-refractivity contribution is 5.16. The van der Waals surface area contributed by atoms with Crippen molar-refractivity contribution < 1.29 is 9.84 Å². The number of aliphatic hydroxyl groups is 1. The van der Waals surface area contributed by atoms with Crippen LogP contribution in [0.4, 0.5) is 0 Å². The molecule has 1 saturated carbocycles. The van der Waals surface area contributed by atoms with E-state index in [0.29, 0.717) is 25.6 Å². The van der Waals surface area contributed by atoms with Crippen LogP contribution < -0.4 is 0 Å². The molecule has 2 unspecified atom stereocenters. The van der Waals surface area contributed by atoms with Crippen molar-refractivity contribution in [2.75, 3.05) is 13.2 Å². The molecule has 0 aromatic heterocycles. The number of hydrogen-bond donors (Lipinski definition) is 1. The zero-order valence-corrected chi connectivity index (χ0v) is 7.92. The van der Waals surface area contributed by atoms with Crippen LogP contribution in [-0.4, -0.2) is 23.9 Å². The standard InChI is InChI=1S/C10H15NO2/c1-9(12,8-2-3-8)10(6-11)4-5-13-7-10/h8,12H,2-5,7H2,1H3. The van der Waals surface area contributed by atoms with Gasteiger partial charge >= 0.3 is 0 Å². The van der Waals surface area contributed by atoms with E-state index in [0.717, 1.165) is 12.8 Å². The molecule has 1 aliphatic heterocycles. The Kier molecular flexibility index (Phi) is 1.86. The average Bonchev–Trinajstić information content (AvgIpc) is 2.84. The molecule has 2 atom stereocenters. The molecule has 1 N–H and O–H groups in total. The number of hydrogen-bond acceptors (Lipinski definition) is 3. The van der Waals surface area contributed by atoms with E-state index in [4.69, 9.17) is 10.00 Å². The largest absolute Gasteiger partial charge is 0.388 e. The first-order chi connectivity index (χ1) is 6.12. The fraction of sp³-hybridized carbons (Fsp3) is 0.900. The lowest BCUT2D eigenvalue weighted by atomic mass is 9.70. The van der Waals surface area contributed by atoms with E-state index < -0.39 is 11.0 Å². The second kappa shape index (κ2) is 2.70. The van der Waals surface area contributed by atoms with E-state index in [9.17, 15) is 5.11 Å². The van der Waals surface area contributed by atoms with Gasteiger partial charge in [-0.2, -0.15) is 5.26 Å². The molecule has 2 rings (SSSR count). The second-order valence-corrected chi connectivity index (χ2v) is 4.42. The molecule has 1 aliphatic carbocycles. The van der Waals surface area contributed by atoms with E-state index >= 15 is 0 Å². The van der Waals surface area contributed by atoms with Gasteiger partial charge in [0.05, 0.1) is 18.3 Å². The minimum Gasteiger partial charge on any atom is -0.388 e. The predicted molar refractivity (Wildman–Crippen MR) is 46.8 cm³/mol. The van der Waals surface area contributed by atoms with Crippen molar-refractivity contribution in [3.63, 3.8) is 0 Å². The zero-order chi connectivity index (χ0) is 9.53. The van der Waals surface area contributed by atoms with Crippen molar-refractivity contribution in [3.8, 4) is 6.07 Å². The second-order valence-electron chi connectivity index (χ2n) is 4.42. The van der Waals surface area contributed by atoms with E-state index in [1.54, 1.807) is 6.92 Å². The first-order valence-corrected chi connectivity index (χ1v) is 4.84. The Labute approximate surface area is 78.3 Å². The Balaban J connectivity index is 2.24. The van der Waals surface area contributed by atoms with Gasteiger partial charge in [-0.05, 0) is 32.1 Å². The normalized spacial score (nSPS) is 38.2. The molecular weight excluding hydrogens is 166 g/mol. The third-order valence-electron chi connectivity index (χ3n) is 3.58. The lowest BCUT2D eigenvalue weighted by Gasteiger charge is -2.36. The summed E-state index contributed by atoms with van der Waals surface area (Å²) >= 11 is 0. The lowest BCUT2D eigenvalue weighted by molar-refractivity contribution is -0.0605. The van der Waals surface area contributed by atoms with Gasteiger partial charge in [-0.25, -0.2) is 0 Å². The first kappa shape index (κ1) is 8.98. The van der Waals surface area contributed by atoms with Gasteiger partial charge in [0.2, 0.25) is 0 Å². The van der Waals surface area contributed by atoms with E-state index in [2.05, 4.69) is 6.07 Å². The maximum absolute atomic E-state index is 10.3. The van der Waals surface area contributed by atoms with Crippen molar-refractivity contribution in [1.29, 1.82) is 5.26 Å². The summed E-state index contributed by atoms with van der Waals surface area (Å²) in [5.74, 6) is 0.314. The molecule has 13 heavy (non-hydrogen) atoms. The third kappa shape index (κ3) is 1.17. The van der Waals surface area contributed by atoms with Crippen LogP contribution in [0.1, 0.15) is 26.2 Å². The van der Waals surface area contributed by atoms with Gasteiger partial charge in [-0.3, -0.25) is 0 Å². The fourth-order valence-electron chi connectivity index (χ4n) is 2.20. The molecule has 0 amide bonds. The molecule has 0 aromatic carbocycles. The highest BCUT2D eigenvalue weighted by atomic mass is 16.5. The summed E-state index contributed by atoms with van der Waals surface area (Å²) in [6.45, 7) is 2.80. The molecule has 72 valence electrons. The Bertz CT molecular complexity index is 244. The van der Waals surface area contributed by atoms with Gasteiger partial charge < -0.3 is 9.84 Å². The Morgan fingerprint density at radius 3 is 2.69 bits per heavy atom. The average molecular weight is 181 g/mol. The smallest absolute Gasteiger partial charge is 0.111 e. The number of nitrogens with zero attached hydrogens (tertiary/aromatic N) is 1. The van der Waals surface area contributed by atoms with Gasteiger partial charge in [0.15, 0.2) is 0 Å². The molecule has 3 nitrogen and oxygen atoms in total. The van der Waals surface area contributed by atoms with E-state index in [-0.39, 0.29) is 0 Å². The van der Waals surface area contributed by atoms with Gasteiger partial charge in [-0.15, -0.1) is 0 Å². The number of ether oxygens (including phenoxy) is 1. The van der Waals surface area contributed by atoms with Gasteiger partial charge in [0, 0.05) is 6.61 Å². The van der Waals surface area contributed by atoms with Crippen LogP contribution in [-0.2, 0) is 4.74 Å². The zero-order valence-electron chi connectivity index (χ0n) is 7.92. The molecule has 3 heteroatoms. The summed E-state index contributed by atoms with van der Waals surface area (Å²) in [6.07, 6.45) is 2.78. The Morgan fingerprint density at radius 2 is 2.31 bits per heavy atom. The number of rotatable bonds is 2. The molecule has 0 aromatic rings. The van der Waals surface area contributed by atoms with Gasteiger partial charge in [0.1, 0.15) is 5.41 Å². The molecule has 0 radical (unpaired) electrons. The molecular formula is C10H15NO2. The monoisotopic (exact) mass is 181 g/mol. The van der Waals surface area contributed by atoms with Gasteiger partial charge in [-0.1, -0.05) is 0 Å². The minimum atomic E-state index is -0.849. The van der Waals surface area contributed by atoms with E-state index in [1.165, 1.54) is 0 Å². The molecule has 1 saturated heterocycles. The SMILES string of the molecule is CC(O)(C1CC1)C1(C#N)CCOC1. The molecule has 1 heterocycles. The van der Waals surface area contributed by atoms with E-state index in [1.807, 2.05) is 0 Å². The number of nitriles is 1. The van der Waals surface area contributed by atoms with Crippen LogP contribution >= 0.6 is 0 Å². The van der Waals surface area contributed by atoms with Crippen molar-refractivity contribution in [2.24, 2.45) is 11.3 Å². The molecule has 0 bridgehead atoms. The minimum absolute atomic E-state index is 0.314. The molecule has 0 spiro atoms. The van der Waals surface area contributed by atoms with Crippen molar-refractivity contribution in [1.82, 2.24) is 0 Å². The summed E-state index contributed by atoms with van der Waals surface area (Å²) in [5, 5.41) is 19.4. The Hall–Kier alpha value is -0.590. The quantitative estimate of drug-likeness (QED) is 0.693. The molecule has 2 aliphatic rings. The Morgan fingerprint density at radius 1 is 1.62 bits per heavy atom. The summed E-state index contributed by atoms with van der Waals surface area (Å²) in [7, 11) is 0. The van der Waals surface area contributed by atoms with Gasteiger partial charge in [0.25, 0.3) is 0 Å². The summed E-state index contributed by atoms with van der Waals surface area (Å²) < 4.78 is 5.23. The topological polar surface area (TPSA) is 53.2 Å². The summed E-state index contributed by atoms with van der Waals surface area (Å²) in [5.41, 5.74) is -1.49. The maximum atomic E-state index is 10.3. The van der Waals surface area contributed by atoms with Crippen LogP contribution in [0.5, 0.6) is 0 Å². The fourth-order valence-corrected chi connectivity index (χ4v) is 2.20. The van der Waals surface area contributed by atoms with Crippen LogP contribution in [0.3, 0.4) is 0 Å². The highest BCUT2D eigenvalue weighted by Crippen LogP contribution is 2.51. The summed E-state index contributed by atoms with van der Waals surface area (Å²) in [4.78, 5) is 0. The highest BCUT2D eigenvalue weighted by Gasteiger charge is 2.57. The van der Waals surface area contributed by atoms with Crippen LogP contribution in [0.25, 0.3) is 0 Å². The van der Waals surface area contributed by atoms with Crippen LogP contribution in [0, 0.1) is 22.7 Å². The summed E-state index contributed by atoms with van der Waals surface area (Å²) in [6, 6.07) is 2.26. The lowest BCUT2D eigenvalue weighted by Crippen LogP contribution is -2.47. The van der Waals surface area contributed by atoms with Crippen molar-refractivity contribution in [3.05, 3.63) is 0 Å². The third-order valence-corrected chi connectivity index (χ3v) is 3.58. The van der Waals surface area contributed by atoms with Crippen molar-refractivity contribution in [2.45, 2.75) is 31.8 Å². The molecule has 2 fully saturated rings. The van der Waals surface area contributed by atoms with Crippen LogP contribution in [0.15, 0.2) is 0 Å². The van der Waals surface area contributed by atoms with Crippen LogP contribution in [0.2, 0.25) is 0 Å². The first-order valence-electron chi connectivity index (χ1n) is 4.84.